The fraction of sp³-hybridized carbons (Fsp3) is 0.421. The Morgan fingerprint density at radius 1 is 1.03 bits per heavy atom. The third-order valence-electron chi connectivity index (χ3n) is 5.13. The van der Waals surface area contributed by atoms with Gasteiger partial charge in [-0.25, -0.2) is 24.6 Å². The van der Waals surface area contributed by atoms with Crippen LogP contribution in [0.3, 0.4) is 0 Å². The lowest BCUT2D eigenvalue weighted by Gasteiger charge is -2.17. The zero-order chi connectivity index (χ0) is 20.4. The Hall–Kier alpha value is -2.88. The Balaban J connectivity index is 1.32. The topological polar surface area (TPSA) is 103 Å². The molecule has 4 rings (SSSR count). The van der Waals surface area contributed by atoms with E-state index in [9.17, 15) is 9.59 Å². The predicted molar refractivity (Wildman–Crippen MR) is 112 cm³/mol. The number of rotatable bonds is 6. The summed E-state index contributed by atoms with van der Waals surface area (Å²) in [7, 11) is 1.61. The summed E-state index contributed by atoms with van der Waals surface area (Å²) in [5.41, 5.74) is 0.492. The zero-order valence-electron chi connectivity index (χ0n) is 16.3. The summed E-state index contributed by atoms with van der Waals surface area (Å²) >= 11 is 1.62. The van der Waals surface area contributed by atoms with Crippen molar-refractivity contribution < 1.29 is 9.59 Å². The SMILES string of the molecule is CSc1cnc(N[C@H]2CC[C@H](Nc3ccc(N4C(=O)CN(C)C4=O)cn3)C2)nc1. The fourth-order valence-electron chi connectivity index (χ4n) is 3.61. The van der Waals surface area contributed by atoms with Crippen LogP contribution in [0.15, 0.2) is 35.6 Å². The molecule has 152 valence electrons. The van der Waals surface area contributed by atoms with Crippen molar-refractivity contribution in [3.63, 3.8) is 0 Å². The number of nitrogens with zero attached hydrogens (tertiary/aromatic N) is 5. The van der Waals surface area contributed by atoms with Gasteiger partial charge in [0.15, 0.2) is 0 Å². The maximum absolute atomic E-state index is 12.1. The maximum atomic E-state index is 12.1. The van der Waals surface area contributed by atoms with E-state index in [4.69, 9.17) is 0 Å². The molecule has 0 aromatic carbocycles. The molecule has 2 aliphatic rings. The molecule has 1 aliphatic carbocycles. The molecular weight excluding hydrogens is 390 g/mol. The molecule has 2 aromatic heterocycles. The lowest BCUT2D eigenvalue weighted by molar-refractivity contribution is -0.116. The maximum Gasteiger partial charge on any atom is 0.331 e. The van der Waals surface area contributed by atoms with E-state index in [0.29, 0.717) is 17.7 Å². The Kier molecular flexibility index (Phi) is 5.52. The molecule has 1 saturated carbocycles. The number of hydrogen-bond acceptors (Lipinski definition) is 8. The summed E-state index contributed by atoms with van der Waals surface area (Å²) in [6, 6.07) is 3.82. The molecular formula is C19H23N7O2S. The molecule has 29 heavy (non-hydrogen) atoms. The van der Waals surface area contributed by atoms with Crippen LogP contribution >= 0.6 is 11.8 Å². The number of aromatic nitrogens is 3. The van der Waals surface area contributed by atoms with Crippen LogP contribution in [0.4, 0.5) is 22.2 Å². The van der Waals surface area contributed by atoms with Crippen LogP contribution in [0.5, 0.6) is 0 Å². The third-order valence-corrected chi connectivity index (χ3v) is 5.81. The van der Waals surface area contributed by atoms with E-state index in [1.165, 1.54) is 4.90 Å². The molecule has 0 bridgehead atoms. The van der Waals surface area contributed by atoms with E-state index in [-0.39, 0.29) is 24.5 Å². The highest BCUT2D eigenvalue weighted by Gasteiger charge is 2.35. The van der Waals surface area contributed by atoms with Crippen LogP contribution in [-0.4, -0.2) is 63.7 Å². The number of thioether (sulfide) groups is 1. The smallest absolute Gasteiger partial charge is 0.331 e. The number of urea groups is 1. The van der Waals surface area contributed by atoms with Gasteiger partial charge in [0, 0.05) is 36.4 Å². The molecule has 2 atom stereocenters. The Morgan fingerprint density at radius 2 is 1.76 bits per heavy atom. The second kappa shape index (κ2) is 8.24. The summed E-state index contributed by atoms with van der Waals surface area (Å²) in [5, 5.41) is 6.82. The summed E-state index contributed by atoms with van der Waals surface area (Å²) in [6.07, 6.45) is 10.2. The first-order chi connectivity index (χ1) is 14.0. The lowest BCUT2D eigenvalue weighted by Crippen LogP contribution is -2.31. The van der Waals surface area contributed by atoms with Crippen molar-refractivity contribution in [3.05, 3.63) is 30.7 Å². The zero-order valence-corrected chi connectivity index (χ0v) is 17.1. The average molecular weight is 414 g/mol. The highest BCUT2D eigenvalue weighted by Crippen LogP contribution is 2.26. The number of anilines is 3. The van der Waals surface area contributed by atoms with Crippen molar-refractivity contribution in [1.82, 2.24) is 19.9 Å². The van der Waals surface area contributed by atoms with Crippen LogP contribution in [0.25, 0.3) is 0 Å². The van der Waals surface area contributed by atoms with Crippen molar-refractivity contribution in [3.8, 4) is 0 Å². The average Bonchev–Trinajstić information content (AvgIpc) is 3.26. The number of amides is 3. The van der Waals surface area contributed by atoms with Gasteiger partial charge in [-0.05, 0) is 37.7 Å². The number of carbonyl (C=O) groups excluding carboxylic acids is 2. The second-order valence-electron chi connectivity index (χ2n) is 7.21. The van der Waals surface area contributed by atoms with Crippen molar-refractivity contribution in [1.29, 1.82) is 0 Å². The standard InChI is InChI=1S/C19H23N7O2S/c1-25-11-17(27)26(19(25)28)14-5-6-16(20-8-14)23-12-3-4-13(7-12)24-18-21-9-15(29-2)10-22-18/h5-6,8-10,12-13H,3-4,7,11H2,1-2H3,(H,20,23)(H,21,22,24)/t12-,13-/m0/s1. The van der Waals surface area contributed by atoms with Gasteiger partial charge in [0.2, 0.25) is 5.95 Å². The lowest BCUT2D eigenvalue weighted by atomic mass is 10.2. The molecule has 2 fully saturated rings. The van der Waals surface area contributed by atoms with Crippen molar-refractivity contribution in [2.24, 2.45) is 0 Å². The van der Waals surface area contributed by atoms with Crippen molar-refractivity contribution in [2.45, 2.75) is 36.2 Å². The number of likely N-dealkylation sites (N-methyl/N-ethyl adjacent to an activating group) is 1. The van der Waals surface area contributed by atoms with Gasteiger partial charge >= 0.3 is 6.03 Å². The van der Waals surface area contributed by atoms with Gasteiger partial charge in [-0.2, -0.15) is 0 Å². The molecule has 1 saturated heterocycles. The second-order valence-corrected chi connectivity index (χ2v) is 8.09. The van der Waals surface area contributed by atoms with Gasteiger partial charge in [-0.3, -0.25) is 4.79 Å². The molecule has 2 N–H and O–H groups in total. The van der Waals surface area contributed by atoms with Crippen LogP contribution in [0.2, 0.25) is 0 Å². The van der Waals surface area contributed by atoms with Crippen molar-refractivity contribution >= 4 is 41.2 Å². The molecule has 9 nitrogen and oxygen atoms in total. The third kappa shape index (κ3) is 4.26. The summed E-state index contributed by atoms with van der Waals surface area (Å²) in [6.45, 7) is 0.0963. The summed E-state index contributed by atoms with van der Waals surface area (Å²) < 4.78 is 0. The number of hydrogen-bond donors (Lipinski definition) is 2. The van der Waals surface area contributed by atoms with E-state index in [2.05, 4.69) is 25.6 Å². The molecule has 2 aromatic rings. The van der Waals surface area contributed by atoms with Gasteiger partial charge in [0.05, 0.1) is 11.9 Å². The normalized spacial score (nSPS) is 21.7. The van der Waals surface area contributed by atoms with Crippen LogP contribution in [-0.2, 0) is 4.79 Å². The van der Waals surface area contributed by atoms with E-state index < -0.39 is 0 Å². The van der Waals surface area contributed by atoms with E-state index >= 15 is 0 Å². The largest absolute Gasteiger partial charge is 0.367 e. The van der Waals surface area contributed by atoms with Gasteiger partial charge < -0.3 is 15.5 Å². The van der Waals surface area contributed by atoms with Crippen molar-refractivity contribution in [2.75, 3.05) is 35.4 Å². The fourth-order valence-corrected chi connectivity index (χ4v) is 3.92. The monoisotopic (exact) mass is 413 g/mol. The summed E-state index contributed by atoms with van der Waals surface area (Å²) in [5.74, 6) is 1.14. The number of imide groups is 1. The quantitative estimate of drug-likeness (QED) is 0.550. The minimum atomic E-state index is -0.324. The van der Waals surface area contributed by atoms with E-state index in [0.717, 1.165) is 34.9 Å². The number of pyridine rings is 1. The molecule has 10 heteroatoms. The first-order valence-corrected chi connectivity index (χ1v) is 10.7. The van der Waals surface area contributed by atoms with Gasteiger partial charge in [0.1, 0.15) is 12.4 Å². The van der Waals surface area contributed by atoms with Crippen LogP contribution < -0.4 is 15.5 Å². The first-order valence-electron chi connectivity index (χ1n) is 9.46. The first kappa shape index (κ1) is 19.4. The highest BCUT2D eigenvalue weighted by molar-refractivity contribution is 7.98. The molecule has 0 spiro atoms. The van der Waals surface area contributed by atoms with E-state index in [1.807, 2.05) is 18.6 Å². The van der Waals surface area contributed by atoms with Crippen LogP contribution in [0.1, 0.15) is 19.3 Å². The molecule has 3 heterocycles. The molecule has 0 radical (unpaired) electrons. The van der Waals surface area contributed by atoms with Gasteiger partial charge in [0.25, 0.3) is 5.91 Å². The molecule has 1 aliphatic heterocycles. The van der Waals surface area contributed by atoms with Gasteiger partial charge in [-0.15, -0.1) is 11.8 Å². The van der Waals surface area contributed by atoms with E-state index in [1.54, 1.807) is 37.1 Å². The minimum Gasteiger partial charge on any atom is -0.367 e. The Bertz CT molecular complexity index is 890. The minimum absolute atomic E-state index is 0.0963. The van der Waals surface area contributed by atoms with Gasteiger partial charge in [-0.1, -0.05) is 0 Å². The molecule has 3 amide bonds. The predicted octanol–water partition coefficient (Wildman–Crippen LogP) is 2.44. The Labute approximate surface area is 173 Å². The number of carbonyl (C=O) groups is 2. The summed E-state index contributed by atoms with van der Waals surface area (Å²) in [4.78, 5) is 40.7. The Morgan fingerprint density at radius 3 is 2.34 bits per heavy atom. The highest BCUT2D eigenvalue weighted by atomic mass is 32.2. The van der Waals surface area contributed by atoms with Crippen LogP contribution in [0, 0.1) is 0 Å². The molecule has 0 unspecified atom stereocenters. The number of nitrogens with one attached hydrogen (secondary N) is 2.